The molecule has 1 amide bonds. The highest BCUT2D eigenvalue weighted by atomic mass is 16.3. The second-order valence-electron chi connectivity index (χ2n) is 3.33. The van der Waals surface area contributed by atoms with E-state index in [9.17, 15) is 4.79 Å². The predicted octanol–water partition coefficient (Wildman–Crippen LogP) is 2.02. The van der Waals surface area contributed by atoms with Crippen LogP contribution in [0.3, 0.4) is 0 Å². The molecule has 0 saturated heterocycles. The number of hydrogen-bond donors (Lipinski definition) is 1. The summed E-state index contributed by atoms with van der Waals surface area (Å²) in [6, 6.07) is 13.1. The molecule has 0 spiro atoms. The molecule has 0 saturated carbocycles. The zero-order valence-electron chi connectivity index (χ0n) is 9.44. The molecular formula is C15H9NO2. The normalized spacial score (nSPS) is 8.44. The van der Waals surface area contributed by atoms with Gasteiger partial charge in [-0.15, -0.1) is 0 Å². The average Bonchev–Trinajstić information content (AvgIpc) is 2.92. The topological polar surface area (TPSA) is 42.2 Å². The Labute approximate surface area is 105 Å². The summed E-state index contributed by atoms with van der Waals surface area (Å²) in [5.74, 6) is 7.68. The van der Waals surface area contributed by atoms with E-state index in [2.05, 4.69) is 29.1 Å². The Hall–Kier alpha value is -2.91. The number of benzene rings is 1. The standard InChI is InChI=1S/C15H9NO2/c17-15(14-7-2-1-3-8-14)16-10-5-4-6-13-9-11-18-12-13/h1-3,7-9,11-12H,(H,16,17). The molecule has 1 N–H and O–H groups in total. The molecule has 1 aromatic carbocycles. The largest absolute Gasteiger partial charge is 0.471 e. The number of amides is 1. The summed E-state index contributed by atoms with van der Waals surface area (Å²) in [6.45, 7) is 0. The molecular weight excluding hydrogens is 226 g/mol. The lowest BCUT2D eigenvalue weighted by atomic mass is 10.2. The fraction of sp³-hybridized carbons (Fsp3) is 0. The highest BCUT2D eigenvalue weighted by Crippen LogP contribution is 1.97. The smallest absolute Gasteiger partial charge is 0.262 e. The second kappa shape index (κ2) is 5.98. The van der Waals surface area contributed by atoms with Crippen LogP contribution in [0.15, 0.2) is 53.3 Å². The number of nitrogens with one attached hydrogen (secondary N) is 1. The maximum atomic E-state index is 11.6. The van der Waals surface area contributed by atoms with Gasteiger partial charge in [-0.2, -0.15) is 0 Å². The Balaban J connectivity index is 1.91. The van der Waals surface area contributed by atoms with E-state index in [0.717, 1.165) is 5.56 Å². The van der Waals surface area contributed by atoms with Crippen molar-refractivity contribution in [2.75, 3.05) is 0 Å². The van der Waals surface area contributed by atoms with Crippen LogP contribution in [-0.4, -0.2) is 5.91 Å². The van der Waals surface area contributed by atoms with Gasteiger partial charge in [0.25, 0.3) is 5.91 Å². The minimum atomic E-state index is -0.242. The van der Waals surface area contributed by atoms with Crippen LogP contribution in [0.25, 0.3) is 0 Å². The van der Waals surface area contributed by atoms with Gasteiger partial charge >= 0.3 is 0 Å². The van der Waals surface area contributed by atoms with Gasteiger partial charge in [-0.1, -0.05) is 18.2 Å². The van der Waals surface area contributed by atoms with Crippen LogP contribution in [0, 0.1) is 23.8 Å². The highest BCUT2D eigenvalue weighted by Gasteiger charge is 2.00. The molecule has 0 fully saturated rings. The molecule has 86 valence electrons. The number of hydrogen-bond acceptors (Lipinski definition) is 2. The third-order valence-corrected chi connectivity index (χ3v) is 2.07. The zero-order chi connectivity index (χ0) is 12.6. The van der Waals surface area contributed by atoms with Crippen molar-refractivity contribution in [2.24, 2.45) is 0 Å². The lowest BCUT2D eigenvalue weighted by molar-refractivity contribution is 0.0973. The minimum absolute atomic E-state index is 0.242. The lowest BCUT2D eigenvalue weighted by Gasteiger charge is -1.95. The van der Waals surface area contributed by atoms with E-state index < -0.39 is 0 Å². The number of carbonyl (C=O) groups excluding carboxylic acids is 1. The molecule has 0 bridgehead atoms. The van der Waals surface area contributed by atoms with Gasteiger partial charge in [-0.05, 0) is 30.0 Å². The van der Waals surface area contributed by atoms with Gasteiger partial charge in [0.1, 0.15) is 6.26 Å². The maximum Gasteiger partial charge on any atom is 0.262 e. The van der Waals surface area contributed by atoms with E-state index in [4.69, 9.17) is 4.42 Å². The second-order valence-corrected chi connectivity index (χ2v) is 3.33. The Morgan fingerprint density at radius 1 is 1.11 bits per heavy atom. The highest BCUT2D eigenvalue weighted by molar-refractivity contribution is 5.95. The van der Waals surface area contributed by atoms with Gasteiger partial charge in [0.15, 0.2) is 0 Å². The van der Waals surface area contributed by atoms with Gasteiger partial charge in [0.2, 0.25) is 0 Å². The van der Waals surface area contributed by atoms with Crippen LogP contribution >= 0.6 is 0 Å². The Morgan fingerprint density at radius 3 is 2.67 bits per heavy atom. The average molecular weight is 235 g/mol. The van der Waals surface area contributed by atoms with Crippen molar-refractivity contribution in [3.05, 3.63) is 60.1 Å². The van der Waals surface area contributed by atoms with Crippen LogP contribution in [0.1, 0.15) is 15.9 Å². The van der Waals surface area contributed by atoms with Crippen LogP contribution in [0.4, 0.5) is 0 Å². The van der Waals surface area contributed by atoms with Gasteiger partial charge in [0.05, 0.1) is 11.8 Å². The van der Waals surface area contributed by atoms with Crippen molar-refractivity contribution in [3.8, 4) is 23.8 Å². The summed E-state index contributed by atoms with van der Waals surface area (Å²) < 4.78 is 4.85. The molecule has 3 heteroatoms. The summed E-state index contributed by atoms with van der Waals surface area (Å²) in [5.41, 5.74) is 1.31. The summed E-state index contributed by atoms with van der Waals surface area (Å²) >= 11 is 0. The Morgan fingerprint density at radius 2 is 1.94 bits per heavy atom. The first kappa shape index (κ1) is 11.6. The van der Waals surface area contributed by atoms with E-state index >= 15 is 0 Å². The van der Waals surface area contributed by atoms with Gasteiger partial charge < -0.3 is 4.42 Å². The summed E-state index contributed by atoms with van der Waals surface area (Å²) in [7, 11) is 0. The van der Waals surface area contributed by atoms with E-state index in [0.29, 0.717) is 5.56 Å². The Kier molecular flexibility index (Phi) is 3.85. The zero-order valence-corrected chi connectivity index (χ0v) is 9.44. The molecule has 2 rings (SSSR count). The van der Waals surface area contributed by atoms with Crippen LogP contribution in [0.5, 0.6) is 0 Å². The minimum Gasteiger partial charge on any atom is -0.471 e. The first-order valence-corrected chi connectivity index (χ1v) is 5.25. The third kappa shape index (κ3) is 3.30. The van der Waals surface area contributed by atoms with E-state index in [1.54, 1.807) is 30.3 Å². The molecule has 0 unspecified atom stereocenters. The van der Waals surface area contributed by atoms with E-state index in [1.165, 1.54) is 12.5 Å². The SMILES string of the molecule is O=C(NC#CC#Cc1ccoc1)c1ccccc1. The number of furan rings is 1. The van der Waals surface area contributed by atoms with E-state index in [1.807, 2.05) is 6.07 Å². The molecule has 3 nitrogen and oxygen atoms in total. The number of carbonyl (C=O) groups is 1. The molecule has 1 heterocycles. The van der Waals surface area contributed by atoms with Crippen molar-refractivity contribution in [3.63, 3.8) is 0 Å². The Bertz CT molecular complexity index is 635. The van der Waals surface area contributed by atoms with Gasteiger partial charge in [-0.3, -0.25) is 10.1 Å². The first-order chi connectivity index (χ1) is 8.86. The molecule has 2 aromatic rings. The fourth-order valence-electron chi connectivity index (χ4n) is 1.22. The van der Waals surface area contributed by atoms with Crippen LogP contribution in [0.2, 0.25) is 0 Å². The summed E-state index contributed by atoms with van der Waals surface area (Å²) in [6.07, 6.45) is 3.06. The van der Waals surface area contributed by atoms with Crippen LogP contribution in [-0.2, 0) is 0 Å². The van der Waals surface area contributed by atoms with E-state index in [-0.39, 0.29) is 5.91 Å². The van der Waals surface area contributed by atoms with Crippen molar-refractivity contribution >= 4 is 5.91 Å². The molecule has 0 aliphatic rings. The first-order valence-electron chi connectivity index (χ1n) is 5.25. The van der Waals surface area contributed by atoms with Crippen molar-refractivity contribution in [2.45, 2.75) is 0 Å². The van der Waals surface area contributed by atoms with Gasteiger partial charge in [0, 0.05) is 17.5 Å². The molecule has 0 aliphatic carbocycles. The van der Waals surface area contributed by atoms with Crippen molar-refractivity contribution in [1.82, 2.24) is 5.32 Å². The van der Waals surface area contributed by atoms with Crippen molar-refractivity contribution < 1.29 is 9.21 Å². The molecule has 0 atom stereocenters. The summed E-state index contributed by atoms with van der Waals surface area (Å²) in [5, 5.41) is 2.45. The third-order valence-electron chi connectivity index (χ3n) is 2.07. The predicted molar refractivity (Wildman–Crippen MR) is 67.3 cm³/mol. The molecule has 0 aliphatic heterocycles. The quantitative estimate of drug-likeness (QED) is 0.607. The monoisotopic (exact) mass is 235 g/mol. The molecule has 0 radical (unpaired) electrons. The van der Waals surface area contributed by atoms with Gasteiger partial charge in [-0.25, -0.2) is 0 Å². The molecule has 18 heavy (non-hydrogen) atoms. The maximum absolute atomic E-state index is 11.6. The summed E-state index contributed by atoms with van der Waals surface area (Å²) in [4.78, 5) is 11.6. The van der Waals surface area contributed by atoms with Crippen LogP contribution < -0.4 is 5.32 Å². The lowest BCUT2D eigenvalue weighted by Crippen LogP contribution is -2.17. The fourth-order valence-corrected chi connectivity index (χ4v) is 1.22. The number of rotatable bonds is 1. The molecule has 1 aromatic heterocycles. The van der Waals surface area contributed by atoms with Crippen molar-refractivity contribution in [1.29, 1.82) is 0 Å².